The van der Waals surface area contributed by atoms with E-state index in [-0.39, 0.29) is 29.7 Å². The largest absolute Gasteiger partial charge is 0.278 e. The minimum atomic E-state index is -0.0874. The monoisotopic (exact) mass is 219 g/mol. The van der Waals surface area contributed by atoms with Crippen LogP contribution in [0.2, 0.25) is 0 Å². The Morgan fingerprint density at radius 1 is 1.38 bits per heavy atom. The van der Waals surface area contributed by atoms with Gasteiger partial charge in [-0.15, -0.1) is 12.3 Å². The fraction of sp³-hybridized carbons (Fsp3) is 0.692. The number of imide groups is 1. The van der Waals surface area contributed by atoms with Crippen molar-refractivity contribution < 1.29 is 9.59 Å². The van der Waals surface area contributed by atoms with Crippen LogP contribution in [0.1, 0.15) is 39.0 Å². The minimum Gasteiger partial charge on any atom is -0.278 e. The number of carbonyl (C=O) groups is 2. The molecule has 1 aliphatic carbocycles. The van der Waals surface area contributed by atoms with Crippen LogP contribution in [0.25, 0.3) is 0 Å². The first-order valence-electron chi connectivity index (χ1n) is 6.01. The fourth-order valence-corrected chi connectivity index (χ4v) is 2.93. The first kappa shape index (κ1) is 11.2. The second-order valence-electron chi connectivity index (χ2n) is 4.66. The Kier molecular flexibility index (Phi) is 3.00. The third-order valence-corrected chi connectivity index (χ3v) is 3.82. The normalized spacial score (nSPS) is 30.4. The summed E-state index contributed by atoms with van der Waals surface area (Å²) in [6.45, 7) is 1.97. The molecule has 2 fully saturated rings. The second-order valence-corrected chi connectivity index (χ2v) is 4.66. The molecule has 0 aromatic rings. The van der Waals surface area contributed by atoms with Gasteiger partial charge in [0.25, 0.3) is 0 Å². The van der Waals surface area contributed by atoms with Crippen LogP contribution in [0.15, 0.2) is 0 Å². The molecule has 0 radical (unpaired) electrons. The van der Waals surface area contributed by atoms with E-state index in [0.29, 0.717) is 6.42 Å². The van der Waals surface area contributed by atoms with E-state index in [9.17, 15) is 9.59 Å². The van der Waals surface area contributed by atoms with Crippen LogP contribution in [0.4, 0.5) is 0 Å². The maximum absolute atomic E-state index is 12.1. The smallest absolute Gasteiger partial charge is 0.233 e. The van der Waals surface area contributed by atoms with Gasteiger partial charge in [0.05, 0.1) is 17.9 Å². The molecule has 3 atom stereocenters. The molecule has 0 aromatic carbocycles. The fourth-order valence-electron chi connectivity index (χ4n) is 2.93. The Morgan fingerprint density at radius 3 is 2.38 bits per heavy atom. The molecule has 0 N–H and O–H groups in total. The highest BCUT2D eigenvalue weighted by atomic mass is 16.2. The Labute approximate surface area is 96.2 Å². The first-order chi connectivity index (χ1) is 7.70. The van der Waals surface area contributed by atoms with E-state index in [1.54, 1.807) is 0 Å². The topological polar surface area (TPSA) is 37.4 Å². The maximum atomic E-state index is 12.1. The summed E-state index contributed by atoms with van der Waals surface area (Å²) in [7, 11) is 0. The average molecular weight is 219 g/mol. The van der Waals surface area contributed by atoms with Crippen molar-refractivity contribution in [2.45, 2.75) is 45.1 Å². The molecule has 16 heavy (non-hydrogen) atoms. The number of rotatable bonds is 3. The summed E-state index contributed by atoms with van der Waals surface area (Å²) in [6.07, 6.45) is 9.26. The van der Waals surface area contributed by atoms with Gasteiger partial charge >= 0.3 is 0 Å². The van der Waals surface area contributed by atoms with Crippen LogP contribution in [-0.2, 0) is 9.59 Å². The molecule has 86 valence electrons. The van der Waals surface area contributed by atoms with Crippen LogP contribution >= 0.6 is 0 Å². The van der Waals surface area contributed by atoms with Crippen molar-refractivity contribution in [2.24, 2.45) is 11.8 Å². The summed E-state index contributed by atoms with van der Waals surface area (Å²) >= 11 is 0. The summed E-state index contributed by atoms with van der Waals surface area (Å²) in [5.41, 5.74) is 0. The number of amides is 2. The zero-order valence-corrected chi connectivity index (χ0v) is 9.61. The Morgan fingerprint density at radius 2 is 1.94 bits per heavy atom. The van der Waals surface area contributed by atoms with Crippen molar-refractivity contribution in [1.29, 1.82) is 0 Å². The minimum absolute atomic E-state index is 0.0228. The van der Waals surface area contributed by atoms with E-state index >= 15 is 0 Å². The van der Waals surface area contributed by atoms with Crippen molar-refractivity contribution >= 4 is 11.8 Å². The molecule has 2 amide bonds. The molecule has 3 heteroatoms. The highest BCUT2D eigenvalue weighted by Gasteiger charge is 2.51. The highest BCUT2D eigenvalue weighted by Crippen LogP contribution is 2.41. The molecule has 1 saturated heterocycles. The number of hydrogen-bond acceptors (Lipinski definition) is 2. The highest BCUT2D eigenvalue weighted by molar-refractivity contribution is 6.05. The summed E-state index contributed by atoms with van der Waals surface area (Å²) in [4.78, 5) is 25.7. The second kappa shape index (κ2) is 4.29. The van der Waals surface area contributed by atoms with Crippen LogP contribution < -0.4 is 0 Å². The van der Waals surface area contributed by atoms with Gasteiger partial charge in [0.15, 0.2) is 0 Å². The van der Waals surface area contributed by atoms with E-state index < -0.39 is 0 Å². The molecule has 1 aliphatic heterocycles. The zero-order chi connectivity index (χ0) is 11.7. The first-order valence-corrected chi connectivity index (χ1v) is 6.01. The number of terminal acetylenes is 1. The van der Waals surface area contributed by atoms with Crippen LogP contribution in [0.5, 0.6) is 0 Å². The van der Waals surface area contributed by atoms with E-state index in [1.807, 2.05) is 6.92 Å². The van der Waals surface area contributed by atoms with Gasteiger partial charge < -0.3 is 0 Å². The Balaban J connectivity index is 2.20. The van der Waals surface area contributed by atoms with E-state index in [2.05, 4.69) is 5.92 Å². The van der Waals surface area contributed by atoms with Gasteiger partial charge in [-0.2, -0.15) is 0 Å². The standard InChI is InChI=1S/C13H17NO2/c1-3-6-9(4-2)14-12(15)10-7-5-8-11(10)13(14)16/h1,9-11H,4-8H2,2H3. The SMILES string of the molecule is C#CCC(CC)N1C(=O)C2CCCC2C1=O. The molecule has 0 aromatic heterocycles. The molecule has 3 unspecified atom stereocenters. The maximum Gasteiger partial charge on any atom is 0.233 e. The summed E-state index contributed by atoms with van der Waals surface area (Å²) < 4.78 is 0. The van der Waals surface area contributed by atoms with Gasteiger partial charge in [-0.1, -0.05) is 13.3 Å². The molecule has 1 heterocycles. The summed E-state index contributed by atoms with van der Waals surface area (Å²) in [6, 6.07) is -0.0874. The third-order valence-electron chi connectivity index (χ3n) is 3.82. The van der Waals surface area contributed by atoms with Gasteiger partial charge in [-0.25, -0.2) is 0 Å². The van der Waals surface area contributed by atoms with Crippen molar-refractivity contribution in [1.82, 2.24) is 4.90 Å². The number of carbonyl (C=O) groups excluding carboxylic acids is 2. The van der Waals surface area contributed by atoms with Gasteiger partial charge in [-0.05, 0) is 19.3 Å². The zero-order valence-electron chi connectivity index (χ0n) is 9.61. The molecule has 1 saturated carbocycles. The van der Waals surface area contributed by atoms with Crippen LogP contribution in [0, 0.1) is 24.2 Å². The van der Waals surface area contributed by atoms with Crippen molar-refractivity contribution in [3.8, 4) is 12.3 Å². The van der Waals surface area contributed by atoms with Gasteiger partial charge in [0, 0.05) is 6.42 Å². The van der Waals surface area contributed by atoms with Gasteiger partial charge in [0.2, 0.25) is 11.8 Å². The number of nitrogens with zero attached hydrogens (tertiary/aromatic N) is 1. The van der Waals surface area contributed by atoms with E-state index in [0.717, 1.165) is 25.7 Å². The van der Waals surface area contributed by atoms with Gasteiger partial charge in [0.1, 0.15) is 0 Å². The Hall–Kier alpha value is -1.30. The third kappa shape index (κ3) is 1.53. The van der Waals surface area contributed by atoms with Crippen LogP contribution in [-0.4, -0.2) is 22.8 Å². The average Bonchev–Trinajstić information content (AvgIpc) is 2.83. The quantitative estimate of drug-likeness (QED) is 0.534. The molecule has 2 rings (SSSR count). The van der Waals surface area contributed by atoms with Crippen molar-refractivity contribution in [3.05, 3.63) is 0 Å². The van der Waals surface area contributed by atoms with Crippen molar-refractivity contribution in [3.63, 3.8) is 0 Å². The molecular weight excluding hydrogens is 202 g/mol. The molecule has 3 nitrogen and oxygen atoms in total. The molecule has 0 spiro atoms. The number of fused-ring (bicyclic) bond motifs is 1. The van der Waals surface area contributed by atoms with E-state index in [4.69, 9.17) is 6.42 Å². The number of hydrogen-bond donors (Lipinski definition) is 0. The lowest BCUT2D eigenvalue weighted by atomic mass is 10.00. The lowest BCUT2D eigenvalue weighted by Gasteiger charge is -2.24. The summed E-state index contributed by atoms with van der Waals surface area (Å²) in [5.74, 6) is 2.52. The van der Waals surface area contributed by atoms with E-state index in [1.165, 1.54) is 4.90 Å². The Bertz CT molecular complexity index is 333. The lowest BCUT2D eigenvalue weighted by Crippen LogP contribution is -2.40. The van der Waals surface area contributed by atoms with Crippen molar-refractivity contribution in [2.75, 3.05) is 0 Å². The molecule has 2 aliphatic rings. The predicted octanol–water partition coefficient (Wildman–Crippen LogP) is 1.57. The molecular formula is C13H17NO2. The number of likely N-dealkylation sites (tertiary alicyclic amines) is 1. The van der Waals surface area contributed by atoms with Crippen LogP contribution in [0.3, 0.4) is 0 Å². The lowest BCUT2D eigenvalue weighted by molar-refractivity contribution is -0.143. The summed E-state index contributed by atoms with van der Waals surface area (Å²) in [5, 5.41) is 0. The molecule has 0 bridgehead atoms. The predicted molar refractivity (Wildman–Crippen MR) is 60.2 cm³/mol. The van der Waals surface area contributed by atoms with Gasteiger partial charge in [-0.3, -0.25) is 14.5 Å².